The monoisotopic (exact) mass is 426 g/mol. The Morgan fingerprint density at radius 1 is 1.20 bits per heavy atom. The van der Waals surface area contributed by atoms with E-state index in [0.717, 1.165) is 18.4 Å². The van der Waals surface area contributed by atoms with Crippen LogP contribution in [-0.4, -0.2) is 75.4 Å². The Morgan fingerprint density at radius 2 is 1.90 bits per heavy atom. The van der Waals surface area contributed by atoms with Crippen molar-refractivity contribution in [2.24, 2.45) is 11.8 Å². The predicted molar refractivity (Wildman–Crippen MR) is 107 cm³/mol. The summed E-state index contributed by atoms with van der Waals surface area (Å²) in [6, 6.07) is 0. The molecule has 0 spiro atoms. The standard InChI is InChI=1S/C22H34O8/c1-11-5-7-14-13(3)20(27)30-22(14,4)9-12(2)15(8-6-11)28-21-19(26)18(25)17(24)16(10-23)29-21/h6,9,13-19,21,23-26H,5,7-8,10H2,1-4H3/b11-6-,12-9-/t13-,14-,15-,16+,17+,18-,19+,21+,22+/m0/s1. The lowest BCUT2D eigenvalue weighted by Gasteiger charge is -2.41. The maximum absolute atomic E-state index is 12.3. The van der Waals surface area contributed by atoms with Gasteiger partial charge in [0.25, 0.3) is 0 Å². The molecule has 0 aromatic heterocycles. The zero-order valence-electron chi connectivity index (χ0n) is 18.0. The lowest BCUT2D eigenvalue weighted by molar-refractivity contribution is -0.308. The number of aliphatic hydroxyl groups is 4. The SMILES string of the molecule is C/C1=C/C[C@H](O[C@@H]2O[C@H](CO)[C@@H](O)[C@H](O)[C@H]2O)/C(C)=C\[C@@]2(C)OC(=O)[C@@H](C)[C@@H]2CC1. The highest BCUT2D eigenvalue weighted by Gasteiger charge is 2.50. The van der Waals surface area contributed by atoms with Gasteiger partial charge in [0.2, 0.25) is 0 Å². The van der Waals surface area contributed by atoms with Gasteiger partial charge in [0.1, 0.15) is 30.0 Å². The molecule has 30 heavy (non-hydrogen) atoms. The first-order valence-corrected chi connectivity index (χ1v) is 10.6. The lowest BCUT2D eigenvalue weighted by atomic mass is 9.77. The normalized spacial score (nSPS) is 48.7. The molecule has 8 nitrogen and oxygen atoms in total. The number of hydrogen-bond acceptors (Lipinski definition) is 8. The number of carbonyl (C=O) groups excluding carboxylic acids is 1. The third-order valence-electron chi connectivity index (χ3n) is 6.73. The van der Waals surface area contributed by atoms with E-state index in [2.05, 4.69) is 6.08 Å². The number of rotatable bonds is 3. The van der Waals surface area contributed by atoms with Crippen LogP contribution in [0, 0.1) is 11.8 Å². The van der Waals surface area contributed by atoms with Crippen molar-refractivity contribution < 1.29 is 39.4 Å². The Bertz CT molecular complexity index is 701. The van der Waals surface area contributed by atoms with Crippen LogP contribution in [0.15, 0.2) is 23.3 Å². The van der Waals surface area contributed by atoms with Crippen molar-refractivity contribution in [2.75, 3.05) is 6.61 Å². The highest BCUT2D eigenvalue weighted by atomic mass is 16.7. The van der Waals surface area contributed by atoms with Crippen molar-refractivity contribution >= 4 is 5.97 Å². The van der Waals surface area contributed by atoms with Crippen LogP contribution in [0.3, 0.4) is 0 Å². The van der Waals surface area contributed by atoms with Crippen LogP contribution in [0.25, 0.3) is 0 Å². The van der Waals surface area contributed by atoms with Crippen molar-refractivity contribution in [2.45, 2.75) is 89.4 Å². The van der Waals surface area contributed by atoms with Crippen molar-refractivity contribution in [3.05, 3.63) is 23.3 Å². The van der Waals surface area contributed by atoms with Gasteiger partial charge in [-0.05, 0) is 51.7 Å². The van der Waals surface area contributed by atoms with Crippen LogP contribution in [0.1, 0.15) is 47.0 Å². The summed E-state index contributed by atoms with van der Waals surface area (Å²) >= 11 is 0. The van der Waals surface area contributed by atoms with E-state index < -0.39 is 49.0 Å². The molecule has 0 amide bonds. The Hall–Kier alpha value is -1.29. The third-order valence-corrected chi connectivity index (χ3v) is 6.73. The molecule has 2 heterocycles. The van der Waals surface area contributed by atoms with Crippen LogP contribution in [0.5, 0.6) is 0 Å². The van der Waals surface area contributed by atoms with Gasteiger partial charge in [-0.15, -0.1) is 0 Å². The largest absolute Gasteiger partial charge is 0.455 e. The molecule has 2 saturated heterocycles. The molecule has 170 valence electrons. The molecule has 3 rings (SSSR count). The summed E-state index contributed by atoms with van der Waals surface area (Å²) in [5.41, 5.74) is 1.23. The van der Waals surface area contributed by atoms with Gasteiger partial charge in [-0.3, -0.25) is 4.79 Å². The average molecular weight is 427 g/mol. The second kappa shape index (κ2) is 9.06. The molecule has 8 heteroatoms. The molecule has 2 fully saturated rings. The van der Waals surface area contributed by atoms with E-state index in [4.69, 9.17) is 14.2 Å². The number of hydrogen-bond donors (Lipinski definition) is 4. The molecule has 4 N–H and O–H groups in total. The molecule has 0 unspecified atom stereocenters. The molecule has 3 aliphatic rings. The average Bonchev–Trinajstić information content (AvgIpc) is 2.90. The van der Waals surface area contributed by atoms with E-state index in [9.17, 15) is 25.2 Å². The summed E-state index contributed by atoms with van der Waals surface area (Å²) in [5, 5.41) is 39.8. The summed E-state index contributed by atoms with van der Waals surface area (Å²) in [6.45, 7) is 7.20. The molecule has 0 aromatic rings. The first-order valence-electron chi connectivity index (χ1n) is 10.6. The third kappa shape index (κ3) is 4.49. The Kier molecular flexibility index (Phi) is 7.06. The maximum Gasteiger partial charge on any atom is 0.309 e. The molecule has 0 bridgehead atoms. The molecule has 9 atom stereocenters. The van der Waals surface area contributed by atoms with E-state index in [1.54, 1.807) is 0 Å². The fraction of sp³-hybridized carbons (Fsp3) is 0.773. The highest BCUT2D eigenvalue weighted by molar-refractivity contribution is 5.76. The molecular weight excluding hydrogens is 392 g/mol. The zero-order valence-corrected chi connectivity index (χ0v) is 18.0. The topological polar surface area (TPSA) is 126 Å². The Morgan fingerprint density at radius 3 is 2.57 bits per heavy atom. The number of fused-ring (bicyclic) bond motifs is 1. The minimum Gasteiger partial charge on any atom is -0.455 e. The van der Waals surface area contributed by atoms with E-state index in [-0.39, 0.29) is 17.8 Å². The zero-order chi connectivity index (χ0) is 22.2. The summed E-state index contributed by atoms with van der Waals surface area (Å²) < 4.78 is 17.3. The number of carbonyl (C=O) groups is 1. The quantitative estimate of drug-likeness (QED) is 0.386. The van der Waals surface area contributed by atoms with Gasteiger partial charge in [0.15, 0.2) is 6.29 Å². The Labute approximate surface area is 177 Å². The van der Waals surface area contributed by atoms with Crippen molar-refractivity contribution in [3.8, 4) is 0 Å². The van der Waals surface area contributed by atoms with Crippen molar-refractivity contribution in [1.82, 2.24) is 0 Å². The number of esters is 1. The van der Waals surface area contributed by atoms with E-state index in [0.29, 0.717) is 6.42 Å². The van der Waals surface area contributed by atoms with Crippen molar-refractivity contribution in [3.63, 3.8) is 0 Å². The fourth-order valence-electron chi connectivity index (χ4n) is 4.75. The van der Waals surface area contributed by atoms with Gasteiger partial charge in [0.05, 0.1) is 18.6 Å². The first kappa shape index (κ1) is 23.4. The lowest BCUT2D eigenvalue weighted by Crippen LogP contribution is -2.59. The van der Waals surface area contributed by atoms with Crippen LogP contribution in [-0.2, 0) is 19.0 Å². The van der Waals surface area contributed by atoms with Gasteiger partial charge >= 0.3 is 5.97 Å². The second-order valence-electron chi connectivity index (χ2n) is 9.04. The fourth-order valence-corrected chi connectivity index (χ4v) is 4.75. The number of ether oxygens (including phenoxy) is 3. The van der Waals surface area contributed by atoms with Crippen LogP contribution in [0.2, 0.25) is 0 Å². The molecule has 0 radical (unpaired) electrons. The molecule has 0 saturated carbocycles. The Balaban J connectivity index is 1.87. The molecule has 1 aliphatic carbocycles. The van der Waals surface area contributed by atoms with Crippen LogP contribution >= 0.6 is 0 Å². The van der Waals surface area contributed by atoms with E-state index in [1.807, 2.05) is 33.8 Å². The van der Waals surface area contributed by atoms with Crippen LogP contribution in [0.4, 0.5) is 0 Å². The summed E-state index contributed by atoms with van der Waals surface area (Å²) in [4.78, 5) is 12.3. The summed E-state index contributed by atoms with van der Waals surface area (Å²) in [7, 11) is 0. The van der Waals surface area contributed by atoms with Gasteiger partial charge in [-0.25, -0.2) is 0 Å². The van der Waals surface area contributed by atoms with Gasteiger partial charge in [0, 0.05) is 5.92 Å². The second-order valence-corrected chi connectivity index (χ2v) is 9.04. The van der Waals surface area contributed by atoms with Crippen LogP contribution < -0.4 is 0 Å². The number of aliphatic hydroxyl groups excluding tert-OH is 4. The van der Waals surface area contributed by atoms with Gasteiger partial charge in [-0.1, -0.05) is 18.6 Å². The molecule has 2 aliphatic heterocycles. The maximum atomic E-state index is 12.3. The molecular formula is C22H34O8. The smallest absolute Gasteiger partial charge is 0.309 e. The van der Waals surface area contributed by atoms with Crippen molar-refractivity contribution in [1.29, 1.82) is 0 Å². The minimum atomic E-state index is -1.50. The molecule has 0 aromatic carbocycles. The first-order chi connectivity index (χ1) is 14.1. The summed E-state index contributed by atoms with van der Waals surface area (Å²) in [5.74, 6) is -0.371. The van der Waals surface area contributed by atoms with E-state index in [1.165, 1.54) is 5.57 Å². The predicted octanol–water partition coefficient (Wildman–Crippen LogP) is 0.816. The van der Waals surface area contributed by atoms with Gasteiger partial charge in [-0.2, -0.15) is 0 Å². The highest BCUT2D eigenvalue weighted by Crippen LogP contribution is 2.43. The van der Waals surface area contributed by atoms with Gasteiger partial charge < -0.3 is 34.6 Å². The number of allylic oxidation sites excluding steroid dienone is 1. The van der Waals surface area contributed by atoms with E-state index >= 15 is 0 Å². The minimum absolute atomic E-state index is 0.0364. The summed E-state index contributed by atoms with van der Waals surface area (Å²) in [6.07, 6.45) is -1.00.